The summed E-state index contributed by atoms with van der Waals surface area (Å²) in [4.78, 5) is 4.56. The first-order valence-corrected chi connectivity index (χ1v) is 8.60. The van der Waals surface area contributed by atoms with E-state index in [9.17, 15) is 0 Å². The molecule has 1 aliphatic heterocycles. The molecule has 1 spiro atoms. The van der Waals surface area contributed by atoms with Gasteiger partial charge in [-0.15, -0.1) is 0 Å². The molecule has 4 heteroatoms. The Hall–Kier alpha value is -0.640. The molecule has 0 bridgehead atoms. The van der Waals surface area contributed by atoms with Gasteiger partial charge in [-0.25, -0.2) is 0 Å². The van der Waals surface area contributed by atoms with Gasteiger partial charge < -0.3 is 10.1 Å². The molecule has 3 nitrogen and oxygen atoms in total. The maximum Gasteiger partial charge on any atom is 0.0761 e. The van der Waals surface area contributed by atoms with Gasteiger partial charge in [0.2, 0.25) is 0 Å². The van der Waals surface area contributed by atoms with Crippen LogP contribution < -0.4 is 5.32 Å². The lowest BCUT2D eigenvalue weighted by Gasteiger charge is -2.48. The quantitative estimate of drug-likeness (QED) is 0.888. The Morgan fingerprint density at radius 2 is 2.38 bits per heavy atom. The zero-order chi connectivity index (χ0) is 14.7. The van der Waals surface area contributed by atoms with Crippen molar-refractivity contribution in [2.45, 2.75) is 57.1 Å². The number of aromatic nitrogens is 1. The standard InChI is InChI=1S/C17H25ClN2O/c1-2-9-19-15(16-14(18)5-3-10-20-16)13-6-11-21-17(12-13)7-4-8-17/h3,5,10,13,15,19H,2,4,6-9,11-12H2,1H3. The Balaban J connectivity index is 1.80. The largest absolute Gasteiger partial charge is 0.375 e. The van der Waals surface area contributed by atoms with Crippen molar-refractivity contribution in [3.8, 4) is 0 Å². The summed E-state index contributed by atoms with van der Waals surface area (Å²) in [5.41, 5.74) is 1.17. The lowest BCUT2D eigenvalue weighted by molar-refractivity contribution is -0.147. The number of halogens is 1. The number of rotatable bonds is 5. The number of hydrogen-bond donors (Lipinski definition) is 1. The van der Waals surface area contributed by atoms with E-state index in [4.69, 9.17) is 16.3 Å². The molecule has 1 aliphatic carbocycles. The van der Waals surface area contributed by atoms with E-state index in [1.165, 1.54) is 19.3 Å². The van der Waals surface area contributed by atoms with Crippen LogP contribution in [0.25, 0.3) is 0 Å². The van der Waals surface area contributed by atoms with Crippen LogP contribution >= 0.6 is 11.6 Å². The Kier molecular flexibility index (Phi) is 4.82. The Bertz CT molecular complexity index is 476. The average Bonchev–Trinajstić information content (AvgIpc) is 2.48. The fourth-order valence-corrected chi connectivity index (χ4v) is 3.92. The van der Waals surface area contributed by atoms with Gasteiger partial charge in [-0.2, -0.15) is 0 Å². The minimum absolute atomic E-state index is 0.163. The van der Waals surface area contributed by atoms with Crippen LogP contribution in [-0.2, 0) is 4.74 Å². The van der Waals surface area contributed by atoms with Crippen molar-refractivity contribution in [2.75, 3.05) is 13.2 Å². The van der Waals surface area contributed by atoms with Gasteiger partial charge in [0.05, 0.1) is 22.4 Å². The number of hydrogen-bond acceptors (Lipinski definition) is 3. The normalized spacial score (nSPS) is 25.5. The van der Waals surface area contributed by atoms with Crippen molar-refractivity contribution in [1.82, 2.24) is 10.3 Å². The van der Waals surface area contributed by atoms with Crippen molar-refractivity contribution >= 4 is 11.6 Å². The van der Waals surface area contributed by atoms with E-state index in [2.05, 4.69) is 17.2 Å². The molecule has 116 valence electrons. The van der Waals surface area contributed by atoms with Gasteiger partial charge in [0, 0.05) is 12.8 Å². The number of nitrogens with zero attached hydrogens (tertiary/aromatic N) is 1. The van der Waals surface area contributed by atoms with Crippen LogP contribution in [0.4, 0.5) is 0 Å². The smallest absolute Gasteiger partial charge is 0.0761 e. The highest BCUT2D eigenvalue weighted by molar-refractivity contribution is 6.31. The molecule has 2 atom stereocenters. The van der Waals surface area contributed by atoms with Crippen LogP contribution in [0, 0.1) is 5.92 Å². The molecule has 1 saturated carbocycles. The van der Waals surface area contributed by atoms with E-state index < -0.39 is 0 Å². The second-order valence-corrected chi connectivity index (χ2v) is 6.85. The summed E-state index contributed by atoms with van der Waals surface area (Å²) in [6.45, 7) is 4.07. The first kappa shape index (κ1) is 15.3. The highest BCUT2D eigenvalue weighted by Crippen LogP contribution is 2.47. The van der Waals surface area contributed by atoms with E-state index in [1.807, 2.05) is 18.3 Å². The molecule has 1 N–H and O–H groups in total. The van der Waals surface area contributed by atoms with Crippen molar-refractivity contribution in [2.24, 2.45) is 5.92 Å². The highest BCUT2D eigenvalue weighted by atomic mass is 35.5. The van der Waals surface area contributed by atoms with E-state index in [0.717, 1.165) is 43.1 Å². The minimum atomic E-state index is 0.163. The van der Waals surface area contributed by atoms with Crippen LogP contribution in [0.15, 0.2) is 18.3 Å². The molecule has 0 aromatic carbocycles. The molecule has 0 amide bonds. The summed E-state index contributed by atoms with van der Waals surface area (Å²) < 4.78 is 6.07. The predicted molar refractivity (Wildman–Crippen MR) is 85.5 cm³/mol. The molecular formula is C17H25ClN2O. The molecule has 2 aliphatic rings. The van der Waals surface area contributed by atoms with Crippen LogP contribution in [0.1, 0.15) is 57.2 Å². The Morgan fingerprint density at radius 1 is 1.52 bits per heavy atom. The Labute approximate surface area is 132 Å². The van der Waals surface area contributed by atoms with E-state index in [0.29, 0.717) is 5.92 Å². The second-order valence-electron chi connectivity index (χ2n) is 6.44. The molecule has 2 heterocycles. The van der Waals surface area contributed by atoms with Gasteiger partial charge in [-0.1, -0.05) is 18.5 Å². The van der Waals surface area contributed by atoms with E-state index in [-0.39, 0.29) is 11.6 Å². The van der Waals surface area contributed by atoms with Crippen LogP contribution in [0.2, 0.25) is 5.02 Å². The molecular weight excluding hydrogens is 284 g/mol. The maximum absolute atomic E-state index is 6.40. The molecule has 21 heavy (non-hydrogen) atoms. The van der Waals surface area contributed by atoms with E-state index in [1.54, 1.807) is 0 Å². The molecule has 3 rings (SSSR count). The lowest BCUT2D eigenvalue weighted by Crippen LogP contribution is -2.48. The van der Waals surface area contributed by atoms with Crippen molar-refractivity contribution in [3.05, 3.63) is 29.0 Å². The summed E-state index contributed by atoms with van der Waals surface area (Å²) >= 11 is 6.40. The predicted octanol–water partition coefficient (Wildman–Crippen LogP) is 4.13. The van der Waals surface area contributed by atoms with Gasteiger partial charge >= 0.3 is 0 Å². The number of pyridine rings is 1. The van der Waals surface area contributed by atoms with Crippen molar-refractivity contribution in [3.63, 3.8) is 0 Å². The molecule has 1 saturated heterocycles. The summed E-state index contributed by atoms with van der Waals surface area (Å²) in [5, 5.41) is 4.46. The summed E-state index contributed by atoms with van der Waals surface area (Å²) in [6.07, 6.45) is 8.96. The molecule has 0 radical (unpaired) electrons. The summed E-state index contributed by atoms with van der Waals surface area (Å²) in [6, 6.07) is 4.10. The second kappa shape index (κ2) is 6.64. The van der Waals surface area contributed by atoms with Crippen LogP contribution in [0.5, 0.6) is 0 Å². The molecule has 1 aromatic rings. The third-order valence-corrected chi connectivity index (χ3v) is 5.28. The van der Waals surface area contributed by atoms with Crippen LogP contribution in [0.3, 0.4) is 0 Å². The third kappa shape index (κ3) is 3.25. The first-order chi connectivity index (χ1) is 10.2. The van der Waals surface area contributed by atoms with Gasteiger partial charge in [-0.3, -0.25) is 4.98 Å². The average molecular weight is 309 g/mol. The third-order valence-electron chi connectivity index (χ3n) is 4.96. The Morgan fingerprint density at radius 3 is 3.05 bits per heavy atom. The number of nitrogens with one attached hydrogen (secondary N) is 1. The molecule has 1 aromatic heterocycles. The molecule has 2 unspecified atom stereocenters. The van der Waals surface area contributed by atoms with Crippen LogP contribution in [-0.4, -0.2) is 23.7 Å². The van der Waals surface area contributed by atoms with Gasteiger partial charge in [0.15, 0.2) is 0 Å². The van der Waals surface area contributed by atoms with Gasteiger partial charge in [0.25, 0.3) is 0 Å². The van der Waals surface area contributed by atoms with Gasteiger partial charge in [0.1, 0.15) is 0 Å². The zero-order valence-corrected chi connectivity index (χ0v) is 13.5. The topological polar surface area (TPSA) is 34.2 Å². The van der Waals surface area contributed by atoms with Crippen molar-refractivity contribution < 1.29 is 4.74 Å². The van der Waals surface area contributed by atoms with E-state index >= 15 is 0 Å². The lowest BCUT2D eigenvalue weighted by atomic mass is 9.70. The first-order valence-electron chi connectivity index (χ1n) is 8.22. The fourth-order valence-electron chi connectivity index (χ4n) is 3.68. The summed E-state index contributed by atoms with van der Waals surface area (Å²) in [7, 11) is 0. The maximum atomic E-state index is 6.40. The fraction of sp³-hybridized carbons (Fsp3) is 0.706. The minimum Gasteiger partial charge on any atom is -0.375 e. The monoisotopic (exact) mass is 308 g/mol. The number of ether oxygens (including phenoxy) is 1. The molecule has 2 fully saturated rings. The summed E-state index contributed by atoms with van der Waals surface area (Å²) in [5.74, 6) is 0.568. The zero-order valence-electron chi connectivity index (χ0n) is 12.8. The highest BCUT2D eigenvalue weighted by Gasteiger charge is 2.44. The SMILES string of the molecule is CCCNC(c1ncccc1Cl)C1CCOC2(CCC2)C1. The van der Waals surface area contributed by atoms with Gasteiger partial charge in [-0.05, 0) is 63.1 Å². The van der Waals surface area contributed by atoms with Crippen molar-refractivity contribution in [1.29, 1.82) is 0 Å².